The second kappa shape index (κ2) is 6.94. The van der Waals surface area contributed by atoms with Gasteiger partial charge < -0.3 is 9.26 Å². The lowest BCUT2D eigenvalue weighted by Gasteiger charge is -2.03. The molecule has 6 heteroatoms. The predicted octanol–water partition coefficient (Wildman–Crippen LogP) is 4.59. The fraction of sp³-hybridized carbons (Fsp3) is 0.105. The quantitative estimate of drug-likeness (QED) is 0.491. The number of para-hydroxylation sites is 2. The van der Waals surface area contributed by atoms with Gasteiger partial charge in [-0.3, -0.25) is 0 Å². The van der Waals surface area contributed by atoms with Crippen molar-refractivity contribution in [1.82, 2.24) is 15.1 Å². The van der Waals surface area contributed by atoms with E-state index in [1.807, 2.05) is 54.6 Å². The molecule has 0 bridgehead atoms. The minimum atomic E-state index is 0.527. The van der Waals surface area contributed by atoms with Gasteiger partial charge in [0.05, 0.1) is 29.0 Å². The third-order valence-corrected chi connectivity index (χ3v) is 4.65. The van der Waals surface area contributed by atoms with Crippen LogP contribution in [-0.2, 0) is 5.75 Å². The maximum Gasteiger partial charge on any atom is 0.237 e. The number of hydrogen-bond acceptors (Lipinski definition) is 6. The molecule has 2 heterocycles. The molecule has 0 saturated carbocycles. The Kier molecular flexibility index (Phi) is 4.35. The molecule has 0 saturated heterocycles. The number of ether oxygens (including phenoxy) is 1. The zero-order valence-corrected chi connectivity index (χ0v) is 14.4. The SMILES string of the molecule is COc1ccccc1-c1noc(CSc2ccc3ccccc3n2)n1. The highest BCUT2D eigenvalue weighted by Crippen LogP contribution is 2.28. The number of nitrogens with zero attached hydrogens (tertiary/aromatic N) is 3. The second-order valence-electron chi connectivity index (χ2n) is 5.34. The molecule has 2 aromatic heterocycles. The Morgan fingerprint density at radius 2 is 1.80 bits per heavy atom. The molecule has 5 nitrogen and oxygen atoms in total. The highest BCUT2D eigenvalue weighted by molar-refractivity contribution is 7.98. The molecule has 0 unspecified atom stereocenters. The van der Waals surface area contributed by atoms with E-state index in [-0.39, 0.29) is 0 Å². The van der Waals surface area contributed by atoms with Crippen LogP contribution in [0.1, 0.15) is 5.89 Å². The monoisotopic (exact) mass is 349 g/mol. The van der Waals surface area contributed by atoms with Gasteiger partial charge in [-0.15, -0.1) is 0 Å². The summed E-state index contributed by atoms with van der Waals surface area (Å²) in [6, 6.07) is 19.7. The van der Waals surface area contributed by atoms with Gasteiger partial charge in [-0.05, 0) is 24.3 Å². The van der Waals surface area contributed by atoms with Gasteiger partial charge in [-0.2, -0.15) is 4.98 Å². The van der Waals surface area contributed by atoms with Crippen LogP contribution in [0.15, 0.2) is 70.2 Å². The number of aromatic nitrogens is 3. The summed E-state index contributed by atoms with van der Waals surface area (Å²) in [5.74, 6) is 2.37. The fourth-order valence-corrected chi connectivity index (χ4v) is 3.23. The molecule has 0 N–H and O–H groups in total. The van der Waals surface area contributed by atoms with Crippen LogP contribution in [0.3, 0.4) is 0 Å². The lowest BCUT2D eigenvalue weighted by molar-refractivity contribution is 0.390. The van der Waals surface area contributed by atoms with Gasteiger partial charge in [0.15, 0.2) is 0 Å². The van der Waals surface area contributed by atoms with E-state index in [4.69, 9.17) is 9.26 Å². The lowest BCUT2D eigenvalue weighted by Crippen LogP contribution is -1.89. The Labute approximate surface area is 149 Å². The molecular formula is C19H15N3O2S. The summed E-state index contributed by atoms with van der Waals surface area (Å²) < 4.78 is 10.7. The molecule has 124 valence electrons. The first-order chi connectivity index (χ1) is 12.3. The Morgan fingerprint density at radius 3 is 2.72 bits per heavy atom. The first-order valence-electron chi connectivity index (χ1n) is 7.78. The van der Waals surface area contributed by atoms with Gasteiger partial charge in [0.2, 0.25) is 11.7 Å². The van der Waals surface area contributed by atoms with Crippen molar-refractivity contribution in [2.45, 2.75) is 10.8 Å². The van der Waals surface area contributed by atoms with Crippen molar-refractivity contribution < 1.29 is 9.26 Å². The number of pyridine rings is 1. The summed E-state index contributed by atoms with van der Waals surface area (Å²) in [5, 5.41) is 6.11. The van der Waals surface area contributed by atoms with E-state index in [0.717, 1.165) is 27.2 Å². The van der Waals surface area contributed by atoms with Gasteiger partial charge in [-0.1, -0.05) is 53.3 Å². The Morgan fingerprint density at radius 1 is 0.960 bits per heavy atom. The van der Waals surface area contributed by atoms with Crippen molar-refractivity contribution in [3.05, 3.63) is 66.6 Å². The van der Waals surface area contributed by atoms with E-state index in [9.17, 15) is 0 Å². The van der Waals surface area contributed by atoms with Crippen LogP contribution >= 0.6 is 11.8 Å². The van der Waals surface area contributed by atoms with E-state index in [2.05, 4.69) is 21.2 Å². The summed E-state index contributed by atoms with van der Waals surface area (Å²) in [5.41, 5.74) is 1.79. The predicted molar refractivity (Wildman–Crippen MR) is 97.6 cm³/mol. The summed E-state index contributed by atoms with van der Waals surface area (Å²) in [6.45, 7) is 0. The van der Waals surface area contributed by atoms with Crippen LogP contribution < -0.4 is 4.74 Å². The second-order valence-corrected chi connectivity index (χ2v) is 6.34. The molecule has 25 heavy (non-hydrogen) atoms. The summed E-state index contributed by atoms with van der Waals surface area (Å²) in [7, 11) is 1.63. The largest absolute Gasteiger partial charge is 0.496 e. The maximum atomic E-state index is 5.36. The van der Waals surface area contributed by atoms with Crippen LogP contribution in [0.5, 0.6) is 5.75 Å². The van der Waals surface area contributed by atoms with E-state index in [1.165, 1.54) is 0 Å². The Hall–Kier alpha value is -2.86. The fourth-order valence-electron chi connectivity index (χ4n) is 2.52. The molecule has 0 amide bonds. The van der Waals surface area contributed by atoms with Crippen LogP contribution in [0.2, 0.25) is 0 Å². The number of benzene rings is 2. The van der Waals surface area contributed by atoms with Crippen molar-refractivity contribution in [3.8, 4) is 17.1 Å². The van der Waals surface area contributed by atoms with Crippen LogP contribution in [0.25, 0.3) is 22.3 Å². The topological polar surface area (TPSA) is 61.0 Å². The lowest BCUT2D eigenvalue weighted by atomic mass is 10.2. The summed E-state index contributed by atoms with van der Waals surface area (Å²) in [4.78, 5) is 9.10. The summed E-state index contributed by atoms with van der Waals surface area (Å²) in [6.07, 6.45) is 0. The van der Waals surface area contributed by atoms with Crippen LogP contribution in [0, 0.1) is 0 Å². The minimum Gasteiger partial charge on any atom is -0.496 e. The number of fused-ring (bicyclic) bond motifs is 1. The maximum absolute atomic E-state index is 5.36. The molecule has 2 aromatic carbocycles. The summed E-state index contributed by atoms with van der Waals surface area (Å²) >= 11 is 1.57. The number of thioether (sulfide) groups is 1. The van der Waals surface area contributed by atoms with Crippen molar-refractivity contribution in [2.75, 3.05) is 7.11 Å². The van der Waals surface area contributed by atoms with Gasteiger partial charge in [0.25, 0.3) is 0 Å². The highest BCUT2D eigenvalue weighted by Gasteiger charge is 2.13. The molecule has 0 spiro atoms. The molecule has 0 atom stereocenters. The number of methoxy groups -OCH3 is 1. The first kappa shape index (κ1) is 15.7. The van der Waals surface area contributed by atoms with E-state index in [0.29, 0.717) is 17.5 Å². The first-order valence-corrected chi connectivity index (χ1v) is 8.76. The number of hydrogen-bond donors (Lipinski definition) is 0. The van der Waals surface area contributed by atoms with Crippen LogP contribution in [-0.4, -0.2) is 22.2 Å². The van der Waals surface area contributed by atoms with Gasteiger partial charge in [-0.25, -0.2) is 4.98 Å². The van der Waals surface area contributed by atoms with E-state index in [1.54, 1.807) is 18.9 Å². The van der Waals surface area contributed by atoms with Gasteiger partial charge in [0, 0.05) is 5.39 Å². The molecule has 0 radical (unpaired) electrons. The molecular weight excluding hydrogens is 334 g/mol. The highest BCUT2D eigenvalue weighted by atomic mass is 32.2. The van der Waals surface area contributed by atoms with Crippen molar-refractivity contribution in [3.63, 3.8) is 0 Å². The third-order valence-electron chi connectivity index (χ3n) is 3.73. The number of rotatable bonds is 5. The molecule has 0 fully saturated rings. The van der Waals surface area contributed by atoms with E-state index < -0.39 is 0 Å². The van der Waals surface area contributed by atoms with E-state index >= 15 is 0 Å². The normalized spacial score (nSPS) is 10.9. The van der Waals surface area contributed by atoms with Crippen molar-refractivity contribution in [1.29, 1.82) is 0 Å². The molecule has 0 aliphatic carbocycles. The Bertz CT molecular complexity index is 1020. The minimum absolute atomic E-state index is 0.527. The molecule has 4 aromatic rings. The Balaban J connectivity index is 1.51. The molecule has 4 rings (SSSR count). The van der Waals surface area contributed by atoms with Crippen molar-refractivity contribution in [2.24, 2.45) is 0 Å². The average Bonchev–Trinajstić information content (AvgIpc) is 3.15. The van der Waals surface area contributed by atoms with Gasteiger partial charge >= 0.3 is 0 Å². The standard InChI is InChI=1S/C19H15N3O2S/c1-23-16-9-5-3-7-14(16)19-21-17(24-22-19)12-25-18-11-10-13-6-2-4-8-15(13)20-18/h2-11H,12H2,1H3. The zero-order chi connectivity index (χ0) is 17.1. The molecule has 0 aliphatic rings. The smallest absolute Gasteiger partial charge is 0.237 e. The van der Waals surface area contributed by atoms with Crippen LogP contribution in [0.4, 0.5) is 0 Å². The van der Waals surface area contributed by atoms with Gasteiger partial charge in [0.1, 0.15) is 5.75 Å². The molecule has 0 aliphatic heterocycles. The third kappa shape index (κ3) is 3.34. The average molecular weight is 349 g/mol. The zero-order valence-electron chi connectivity index (χ0n) is 13.5. The van der Waals surface area contributed by atoms with Crippen molar-refractivity contribution >= 4 is 22.7 Å².